The number of carboxylic acids is 1. The first kappa shape index (κ1) is 12.9. The fourth-order valence-corrected chi connectivity index (χ4v) is 2.64. The summed E-state index contributed by atoms with van der Waals surface area (Å²) in [4.78, 5) is 17.7. The van der Waals surface area contributed by atoms with Crippen LogP contribution >= 0.6 is 0 Å². The Hall–Kier alpha value is -2.14. The van der Waals surface area contributed by atoms with E-state index in [4.69, 9.17) is 5.73 Å². The summed E-state index contributed by atoms with van der Waals surface area (Å²) < 4.78 is 0. The van der Waals surface area contributed by atoms with Gasteiger partial charge in [0.15, 0.2) is 5.69 Å². The van der Waals surface area contributed by atoms with E-state index in [0.717, 1.165) is 42.5 Å². The van der Waals surface area contributed by atoms with Crippen LogP contribution in [0, 0.1) is 0 Å². The maximum Gasteiger partial charge on any atom is 0.354 e. The van der Waals surface area contributed by atoms with Gasteiger partial charge in [-0.15, -0.1) is 0 Å². The normalized spacial score (nSPS) is 16.6. The Bertz CT molecular complexity index is 649. The van der Waals surface area contributed by atoms with Gasteiger partial charge in [-0.1, -0.05) is 24.3 Å². The fraction of sp³-hybridized carbons (Fsp3) is 0.333. The van der Waals surface area contributed by atoms with E-state index >= 15 is 0 Å². The van der Waals surface area contributed by atoms with Crippen LogP contribution in [0.2, 0.25) is 0 Å². The molecular formula is C15H17N3O2. The van der Waals surface area contributed by atoms with E-state index in [1.807, 2.05) is 24.3 Å². The van der Waals surface area contributed by atoms with Crippen LogP contribution in [-0.2, 0) is 0 Å². The highest BCUT2D eigenvalue weighted by molar-refractivity contribution is 5.98. The number of rotatable bonds is 2. The van der Waals surface area contributed by atoms with Crippen LogP contribution in [0.3, 0.4) is 0 Å². The number of piperidine rings is 1. The van der Waals surface area contributed by atoms with Crippen molar-refractivity contribution in [1.82, 2.24) is 4.98 Å². The van der Waals surface area contributed by atoms with Gasteiger partial charge >= 0.3 is 5.97 Å². The van der Waals surface area contributed by atoms with Crippen molar-refractivity contribution < 1.29 is 9.90 Å². The van der Waals surface area contributed by atoms with Crippen LogP contribution in [0.4, 0.5) is 5.82 Å². The number of anilines is 1. The number of aromatic nitrogens is 1. The molecule has 2 heterocycles. The van der Waals surface area contributed by atoms with Crippen molar-refractivity contribution in [2.75, 3.05) is 18.0 Å². The lowest BCUT2D eigenvalue weighted by Crippen LogP contribution is -2.40. The van der Waals surface area contributed by atoms with E-state index in [1.165, 1.54) is 0 Å². The smallest absolute Gasteiger partial charge is 0.354 e. The van der Waals surface area contributed by atoms with Crippen molar-refractivity contribution in [3.05, 3.63) is 36.0 Å². The highest BCUT2D eigenvalue weighted by Crippen LogP contribution is 2.27. The van der Waals surface area contributed by atoms with Gasteiger partial charge in [-0.3, -0.25) is 0 Å². The van der Waals surface area contributed by atoms with Crippen LogP contribution in [0.15, 0.2) is 30.3 Å². The minimum atomic E-state index is -0.995. The predicted octanol–water partition coefficient (Wildman–Crippen LogP) is 1.86. The van der Waals surface area contributed by atoms with E-state index in [0.29, 0.717) is 0 Å². The standard InChI is InChI=1S/C15H17N3O2/c16-11-5-7-18(8-6-11)14-12-4-2-1-3-10(12)9-13(17-14)15(19)20/h1-4,9,11H,5-8,16H2,(H,19,20). The molecule has 1 aliphatic rings. The molecule has 0 aliphatic carbocycles. The molecule has 1 aromatic carbocycles. The zero-order chi connectivity index (χ0) is 14.1. The summed E-state index contributed by atoms with van der Waals surface area (Å²) in [6.45, 7) is 1.64. The van der Waals surface area contributed by atoms with Crippen molar-refractivity contribution in [1.29, 1.82) is 0 Å². The second kappa shape index (κ2) is 5.09. The molecule has 2 aromatic rings. The molecular weight excluding hydrogens is 254 g/mol. The second-order valence-electron chi connectivity index (χ2n) is 5.18. The molecule has 0 unspecified atom stereocenters. The largest absolute Gasteiger partial charge is 0.477 e. The minimum absolute atomic E-state index is 0.0913. The number of hydrogen-bond donors (Lipinski definition) is 2. The molecule has 0 amide bonds. The van der Waals surface area contributed by atoms with Crippen molar-refractivity contribution in [2.24, 2.45) is 5.73 Å². The third-order valence-electron chi connectivity index (χ3n) is 3.78. The summed E-state index contributed by atoms with van der Waals surface area (Å²) in [6.07, 6.45) is 1.82. The van der Waals surface area contributed by atoms with Gasteiger partial charge in [0.25, 0.3) is 0 Å². The van der Waals surface area contributed by atoms with E-state index in [2.05, 4.69) is 9.88 Å². The average molecular weight is 271 g/mol. The predicted molar refractivity (Wildman–Crippen MR) is 78.1 cm³/mol. The summed E-state index contributed by atoms with van der Waals surface area (Å²) in [5.74, 6) is -0.238. The third-order valence-corrected chi connectivity index (χ3v) is 3.78. The van der Waals surface area contributed by atoms with Gasteiger partial charge < -0.3 is 15.7 Å². The molecule has 5 nitrogen and oxygen atoms in total. The van der Waals surface area contributed by atoms with Crippen molar-refractivity contribution in [3.8, 4) is 0 Å². The Kier molecular flexibility index (Phi) is 3.28. The van der Waals surface area contributed by atoms with Gasteiger partial charge in [0, 0.05) is 24.5 Å². The molecule has 1 saturated heterocycles. The number of nitrogens with zero attached hydrogens (tertiary/aromatic N) is 2. The van der Waals surface area contributed by atoms with Crippen molar-refractivity contribution >= 4 is 22.6 Å². The third kappa shape index (κ3) is 2.32. The summed E-state index contributed by atoms with van der Waals surface area (Å²) in [5, 5.41) is 11.1. The highest BCUT2D eigenvalue weighted by atomic mass is 16.4. The number of carbonyl (C=O) groups is 1. The molecule has 1 aromatic heterocycles. The minimum Gasteiger partial charge on any atom is -0.477 e. The molecule has 1 fully saturated rings. The Balaban J connectivity index is 2.10. The topological polar surface area (TPSA) is 79.5 Å². The van der Waals surface area contributed by atoms with Gasteiger partial charge in [0.2, 0.25) is 0 Å². The van der Waals surface area contributed by atoms with Gasteiger partial charge in [0.1, 0.15) is 5.82 Å². The summed E-state index contributed by atoms with van der Waals surface area (Å²) in [6, 6.07) is 9.62. The Labute approximate surface area is 117 Å². The number of pyridine rings is 1. The molecule has 5 heteroatoms. The number of fused-ring (bicyclic) bond motifs is 1. The second-order valence-corrected chi connectivity index (χ2v) is 5.18. The van der Waals surface area contributed by atoms with Crippen LogP contribution in [0.5, 0.6) is 0 Å². The summed E-state index contributed by atoms with van der Waals surface area (Å²) in [7, 11) is 0. The molecule has 0 spiro atoms. The molecule has 1 aliphatic heterocycles. The number of hydrogen-bond acceptors (Lipinski definition) is 4. The SMILES string of the molecule is NC1CCN(c2nc(C(=O)O)cc3ccccc23)CC1. The lowest BCUT2D eigenvalue weighted by Gasteiger charge is -2.32. The monoisotopic (exact) mass is 271 g/mol. The highest BCUT2D eigenvalue weighted by Gasteiger charge is 2.20. The maximum absolute atomic E-state index is 11.2. The van der Waals surface area contributed by atoms with E-state index in [-0.39, 0.29) is 11.7 Å². The number of nitrogens with two attached hydrogens (primary N) is 1. The lowest BCUT2D eigenvalue weighted by molar-refractivity contribution is 0.0691. The summed E-state index contributed by atoms with van der Waals surface area (Å²) >= 11 is 0. The fourth-order valence-electron chi connectivity index (χ4n) is 2.64. The zero-order valence-electron chi connectivity index (χ0n) is 11.1. The Morgan fingerprint density at radius 2 is 2.00 bits per heavy atom. The van der Waals surface area contributed by atoms with Crippen LogP contribution in [0.25, 0.3) is 10.8 Å². The molecule has 104 valence electrons. The van der Waals surface area contributed by atoms with Crippen molar-refractivity contribution in [2.45, 2.75) is 18.9 Å². The maximum atomic E-state index is 11.2. The van der Waals surface area contributed by atoms with E-state index in [1.54, 1.807) is 6.07 Å². The van der Waals surface area contributed by atoms with Crippen LogP contribution in [-0.4, -0.2) is 35.2 Å². The first-order chi connectivity index (χ1) is 9.65. The molecule has 0 saturated carbocycles. The van der Waals surface area contributed by atoms with E-state index in [9.17, 15) is 9.90 Å². The molecule has 20 heavy (non-hydrogen) atoms. The molecule has 3 N–H and O–H groups in total. The molecule has 3 rings (SSSR count). The van der Waals surface area contributed by atoms with Gasteiger partial charge in [0.05, 0.1) is 0 Å². The molecule has 0 atom stereocenters. The summed E-state index contributed by atoms with van der Waals surface area (Å²) in [5.41, 5.74) is 6.02. The molecule has 0 bridgehead atoms. The first-order valence-electron chi connectivity index (χ1n) is 6.79. The average Bonchev–Trinajstić information content (AvgIpc) is 2.47. The van der Waals surface area contributed by atoms with Crippen molar-refractivity contribution in [3.63, 3.8) is 0 Å². The number of benzene rings is 1. The van der Waals surface area contributed by atoms with Gasteiger partial charge in [-0.25, -0.2) is 9.78 Å². The lowest BCUT2D eigenvalue weighted by atomic mass is 10.0. The van der Waals surface area contributed by atoms with Crippen LogP contribution < -0.4 is 10.6 Å². The zero-order valence-corrected chi connectivity index (χ0v) is 11.1. The van der Waals surface area contributed by atoms with Gasteiger partial charge in [-0.05, 0) is 24.3 Å². The van der Waals surface area contributed by atoms with Gasteiger partial charge in [-0.2, -0.15) is 0 Å². The first-order valence-corrected chi connectivity index (χ1v) is 6.79. The number of carboxylic acid groups (broad SMARTS) is 1. The van der Waals surface area contributed by atoms with E-state index < -0.39 is 5.97 Å². The Morgan fingerprint density at radius 3 is 2.70 bits per heavy atom. The molecule has 0 radical (unpaired) electrons. The van der Waals surface area contributed by atoms with Crippen LogP contribution in [0.1, 0.15) is 23.3 Å². The quantitative estimate of drug-likeness (QED) is 0.871. The number of aromatic carboxylic acids is 1. The Morgan fingerprint density at radius 1 is 1.30 bits per heavy atom.